The van der Waals surface area contributed by atoms with Crippen LogP contribution in [0.3, 0.4) is 0 Å². The SMILES string of the molecule is CCOC(=O)C(O)F. The number of hydrogen-bond acceptors (Lipinski definition) is 3. The number of alkyl halides is 1. The van der Waals surface area contributed by atoms with Crippen molar-refractivity contribution in [2.24, 2.45) is 0 Å². The summed E-state index contributed by atoms with van der Waals surface area (Å²) in [6, 6.07) is 0. The number of rotatable bonds is 2. The quantitative estimate of drug-likeness (QED) is 0.517. The highest BCUT2D eigenvalue weighted by Gasteiger charge is 2.12. The third-order valence-electron chi connectivity index (χ3n) is 0.481. The minimum atomic E-state index is -2.49. The van der Waals surface area contributed by atoms with E-state index in [-0.39, 0.29) is 6.61 Å². The van der Waals surface area contributed by atoms with Crippen molar-refractivity contribution in [3.8, 4) is 0 Å². The van der Waals surface area contributed by atoms with Crippen LogP contribution in [0, 0.1) is 0 Å². The highest BCUT2D eigenvalue weighted by molar-refractivity contribution is 5.72. The molecule has 0 spiro atoms. The predicted molar refractivity (Wildman–Crippen MR) is 23.7 cm³/mol. The Labute approximate surface area is 46.1 Å². The van der Waals surface area contributed by atoms with Crippen LogP contribution in [0.2, 0.25) is 0 Å². The lowest BCUT2D eigenvalue weighted by Gasteiger charge is -1.98. The first-order chi connectivity index (χ1) is 3.68. The number of esters is 1. The first kappa shape index (κ1) is 7.36. The summed E-state index contributed by atoms with van der Waals surface area (Å²) in [5, 5.41) is 7.81. The maximum Gasteiger partial charge on any atom is 0.368 e. The molecule has 0 heterocycles. The molecule has 0 aromatic carbocycles. The summed E-state index contributed by atoms with van der Waals surface area (Å²) in [6.07, 6.45) is -2.49. The van der Waals surface area contributed by atoms with E-state index in [1.165, 1.54) is 6.92 Å². The summed E-state index contributed by atoms with van der Waals surface area (Å²) in [5.41, 5.74) is 0. The first-order valence-corrected chi connectivity index (χ1v) is 2.17. The van der Waals surface area contributed by atoms with Crippen molar-refractivity contribution in [1.29, 1.82) is 0 Å². The summed E-state index contributed by atoms with van der Waals surface area (Å²) in [5.74, 6) is -1.23. The third kappa shape index (κ3) is 2.52. The minimum absolute atomic E-state index is 0.0831. The van der Waals surface area contributed by atoms with Gasteiger partial charge in [0.05, 0.1) is 6.61 Å². The number of hydrogen-bond donors (Lipinski definition) is 1. The number of carbonyl (C=O) groups excluding carboxylic acids is 1. The predicted octanol–water partition coefficient (Wildman–Crippen LogP) is -0.163. The van der Waals surface area contributed by atoms with E-state index in [9.17, 15) is 9.18 Å². The molecule has 0 aliphatic carbocycles. The molecule has 0 fully saturated rings. The average molecular weight is 122 g/mol. The van der Waals surface area contributed by atoms with Crippen molar-refractivity contribution in [1.82, 2.24) is 0 Å². The second-order valence-corrected chi connectivity index (χ2v) is 1.09. The fourth-order valence-corrected chi connectivity index (χ4v) is 0.211. The van der Waals surface area contributed by atoms with Gasteiger partial charge in [0.15, 0.2) is 0 Å². The molecular weight excluding hydrogens is 115 g/mol. The maximum atomic E-state index is 11.4. The number of aliphatic hydroxyl groups is 1. The van der Waals surface area contributed by atoms with Crippen LogP contribution in [0.25, 0.3) is 0 Å². The standard InChI is InChI=1S/C4H7FO3/c1-2-8-4(7)3(5)6/h3,6H,2H2,1H3. The Balaban J connectivity index is 3.33. The molecule has 4 heteroatoms. The van der Waals surface area contributed by atoms with Crippen LogP contribution in [0.15, 0.2) is 0 Å². The second kappa shape index (κ2) is 3.37. The first-order valence-electron chi connectivity index (χ1n) is 2.17. The Morgan fingerprint density at radius 3 is 2.62 bits per heavy atom. The van der Waals surface area contributed by atoms with Crippen LogP contribution >= 0.6 is 0 Å². The maximum absolute atomic E-state index is 11.4. The van der Waals surface area contributed by atoms with Crippen molar-refractivity contribution >= 4 is 5.97 Å². The number of halogens is 1. The minimum Gasteiger partial charge on any atom is -0.462 e. The topological polar surface area (TPSA) is 46.5 Å². The molecule has 0 aliphatic heterocycles. The zero-order valence-corrected chi connectivity index (χ0v) is 4.43. The number of carbonyl (C=O) groups is 1. The number of aliphatic hydroxyl groups excluding tert-OH is 1. The van der Waals surface area contributed by atoms with Gasteiger partial charge in [0, 0.05) is 0 Å². The van der Waals surface area contributed by atoms with Gasteiger partial charge in [-0.1, -0.05) is 0 Å². The fraction of sp³-hybridized carbons (Fsp3) is 0.750. The Kier molecular flexibility index (Phi) is 3.10. The van der Waals surface area contributed by atoms with Gasteiger partial charge in [-0.3, -0.25) is 0 Å². The van der Waals surface area contributed by atoms with Gasteiger partial charge < -0.3 is 9.84 Å². The van der Waals surface area contributed by atoms with Crippen molar-refractivity contribution < 1.29 is 19.0 Å². The van der Waals surface area contributed by atoms with Gasteiger partial charge in [-0.25, -0.2) is 9.18 Å². The van der Waals surface area contributed by atoms with Crippen molar-refractivity contribution in [3.05, 3.63) is 0 Å². The van der Waals surface area contributed by atoms with E-state index in [0.717, 1.165) is 0 Å². The van der Waals surface area contributed by atoms with Crippen LogP contribution in [-0.4, -0.2) is 24.0 Å². The molecule has 0 aromatic rings. The zero-order valence-electron chi connectivity index (χ0n) is 4.43. The molecule has 48 valence electrons. The molecule has 1 N–H and O–H groups in total. The summed E-state index contributed by atoms with van der Waals surface area (Å²) < 4.78 is 15.4. The fourth-order valence-electron chi connectivity index (χ4n) is 0.211. The van der Waals surface area contributed by atoms with Gasteiger partial charge >= 0.3 is 5.97 Å². The molecule has 8 heavy (non-hydrogen) atoms. The van der Waals surface area contributed by atoms with Crippen molar-refractivity contribution in [2.45, 2.75) is 13.3 Å². The van der Waals surface area contributed by atoms with E-state index < -0.39 is 12.3 Å². The molecule has 0 rings (SSSR count). The van der Waals surface area contributed by atoms with Gasteiger partial charge in [0.1, 0.15) is 0 Å². The monoisotopic (exact) mass is 122 g/mol. The molecule has 3 nitrogen and oxygen atoms in total. The second-order valence-electron chi connectivity index (χ2n) is 1.09. The summed E-state index contributed by atoms with van der Waals surface area (Å²) >= 11 is 0. The Bertz CT molecular complexity index is 81.4. The lowest BCUT2D eigenvalue weighted by molar-refractivity contribution is -0.162. The smallest absolute Gasteiger partial charge is 0.368 e. The summed E-state index contributed by atoms with van der Waals surface area (Å²) in [7, 11) is 0. The zero-order chi connectivity index (χ0) is 6.57. The van der Waals surface area contributed by atoms with E-state index in [2.05, 4.69) is 4.74 Å². The van der Waals surface area contributed by atoms with E-state index >= 15 is 0 Å². The molecule has 1 unspecified atom stereocenters. The van der Waals surface area contributed by atoms with Gasteiger partial charge in [-0.2, -0.15) is 0 Å². The molecule has 0 saturated carbocycles. The van der Waals surface area contributed by atoms with Crippen molar-refractivity contribution in [3.63, 3.8) is 0 Å². The molecule has 0 aromatic heterocycles. The Morgan fingerprint density at radius 1 is 2.00 bits per heavy atom. The van der Waals surface area contributed by atoms with Crippen LogP contribution < -0.4 is 0 Å². The van der Waals surface area contributed by atoms with E-state index in [1.807, 2.05) is 0 Å². The largest absolute Gasteiger partial charge is 0.462 e. The van der Waals surface area contributed by atoms with E-state index in [1.54, 1.807) is 0 Å². The van der Waals surface area contributed by atoms with Gasteiger partial charge in [0.2, 0.25) is 0 Å². The highest BCUT2D eigenvalue weighted by Crippen LogP contribution is 1.87. The molecule has 0 saturated heterocycles. The van der Waals surface area contributed by atoms with Crippen LogP contribution in [0.5, 0.6) is 0 Å². The van der Waals surface area contributed by atoms with Crippen molar-refractivity contribution in [2.75, 3.05) is 6.61 Å². The molecule has 0 aliphatic rings. The molecule has 0 radical (unpaired) electrons. The van der Waals surface area contributed by atoms with E-state index in [4.69, 9.17) is 5.11 Å². The van der Waals surface area contributed by atoms with Gasteiger partial charge in [-0.15, -0.1) is 0 Å². The lowest BCUT2D eigenvalue weighted by atomic mass is 10.7. The van der Waals surface area contributed by atoms with Crippen LogP contribution in [-0.2, 0) is 9.53 Å². The third-order valence-corrected chi connectivity index (χ3v) is 0.481. The normalized spacial score (nSPS) is 12.9. The van der Waals surface area contributed by atoms with Crippen LogP contribution in [0.1, 0.15) is 6.92 Å². The highest BCUT2D eigenvalue weighted by atomic mass is 19.1. The molecule has 1 atom stereocenters. The molecular formula is C4H7FO3. The Morgan fingerprint density at radius 2 is 2.50 bits per heavy atom. The lowest BCUT2D eigenvalue weighted by Crippen LogP contribution is -2.17. The average Bonchev–Trinajstić information content (AvgIpc) is 1.67. The van der Waals surface area contributed by atoms with E-state index in [0.29, 0.717) is 0 Å². The summed E-state index contributed by atoms with van der Waals surface area (Å²) in [4.78, 5) is 9.90. The molecule has 0 bridgehead atoms. The van der Waals surface area contributed by atoms with Gasteiger partial charge in [-0.05, 0) is 6.92 Å². The summed E-state index contributed by atoms with van der Waals surface area (Å²) in [6.45, 7) is 1.61. The Hall–Kier alpha value is -0.640. The number of ether oxygens (including phenoxy) is 1. The molecule has 0 amide bonds. The van der Waals surface area contributed by atoms with Gasteiger partial charge in [0.25, 0.3) is 6.36 Å². The van der Waals surface area contributed by atoms with Crippen LogP contribution in [0.4, 0.5) is 4.39 Å².